The summed E-state index contributed by atoms with van der Waals surface area (Å²) in [5.41, 5.74) is 0.756. The minimum absolute atomic E-state index is 0.189. The van der Waals surface area contributed by atoms with E-state index in [0.717, 1.165) is 10.5 Å². The third-order valence-corrected chi connectivity index (χ3v) is 3.83. The summed E-state index contributed by atoms with van der Waals surface area (Å²) in [6, 6.07) is 15.3. The van der Waals surface area contributed by atoms with Crippen molar-refractivity contribution < 1.29 is 9.31 Å². The Morgan fingerprint density at radius 3 is 2.32 bits per heavy atom. The number of hydrogen-bond acceptors (Lipinski definition) is 3. The van der Waals surface area contributed by atoms with Gasteiger partial charge in [0, 0.05) is 9.82 Å². The molecule has 0 aliphatic carbocycles. The second-order valence-electron chi connectivity index (χ2n) is 3.99. The van der Waals surface area contributed by atoms with Crippen LogP contribution in [0.25, 0.3) is 0 Å². The van der Waals surface area contributed by atoms with Crippen molar-refractivity contribution in [2.24, 2.45) is 0 Å². The highest BCUT2D eigenvalue weighted by molar-refractivity contribution is 7.99. The molecule has 1 unspecified atom stereocenters. The Morgan fingerprint density at radius 2 is 1.74 bits per heavy atom. The first-order valence-corrected chi connectivity index (χ1v) is 6.62. The Hall–Kier alpha value is -1.88. The van der Waals surface area contributed by atoms with Gasteiger partial charge in [0.1, 0.15) is 5.82 Å². The van der Waals surface area contributed by atoms with Gasteiger partial charge in [-0.1, -0.05) is 30.3 Å². The quantitative estimate of drug-likeness (QED) is 0.472. The molecule has 0 saturated carbocycles. The fraction of sp³-hybridized carbons (Fsp3) is 0.143. The molecule has 0 radical (unpaired) electrons. The molecule has 0 N–H and O–H groups in total. The van der Waals surface area contributed by atoms with Crippen molar-refractivity contribution in [1.82, 2.24) is 0 Å². The highest BCUT2D eigenvalue weighted by Crippen LogP contribution is 2.35. The van der Waals surface area contributed by atoms with Crippen molar-refractivity contribution in [1.29, 1.82) is 0 Å². The first-order valence-electron chi connectivity index (χ1n) is 5.74. The summed E-state index contributed by atoms with van der Waals surface area (Å²) in [6.45, 7) is -0.189. The van der Waals surface area contributed by atoms with E-state index in [4.69, 9.17) is 0 Å². The van der Waals surface area contributed by atoms with Crippen molar-refractivity contribution in [2.75, 3.05) is 6.54 Å². The van der Waals surface area contributed by atoms with Gasteiger partial charge < -0.3 is 0 Å². The summed E-state index contributed by atoms with van der Waals surface area (Å²) in [4.78, 5) is 11.4. The molecule has 0 fully saturated rings. The van der Waals surface area contributed by atoms with Gasteiger partial charge in [0.15, 0.2) is 0 Å². The van der Waals surface area contributed by atoms with E-state index in [1.807, 2.05) is 30.3 Å². The number of nitrogens with zero attached hydrogens (tertiary/aromatic N) is 1. The molecule has 0 spiro atoms. The zero-order chi connectivity index (χ0) is 13.7. The number of hydrogen-bond donors (Lipinski definition) is 0. The molecule has 98 valence electrons. The monoisotopic (exact) mass is 277 g/mol. The molecular weight excluding hydrogens is 265 g/mol. The molecule has 0 saturated heterocycles. The molecule has 0 amide bonds. The Morgan fingerprint density at radius 1 is 1.11 bits per heavy atom. The lowest BCUT2D eigenvalue weighted by atomic mass is 10.1. The van der Waals surface area contributed by atoms with E-state index >= 15 is 0 Å². The molecule has 2 rings (SSSR count). The number of halogens is 1. The molecular formula is C14H12FNO2S. The van der Waals surface area contributed by atoms with E-state index in [-0.39, 0.29) is 22.5 Å². The predicted molar refractivity (Wildman–Crippen MR) is 73.3 cm³/mol. The van der Waals surface area contributed by atoms with E-state index in [9.17, 15) is 14.5 Å². The lowest BCUT2D eigenvalue weighted by Crippen LogP contribution is -2.09. The summed E-state index contributed by atoms with van der Waals surface area (Å²) >= 11 is 1.41. The van der Waals surface area contributed by atoms with Crippen LogP contribution in [0.15, 0.2) is 59.5 Å². The van der Waals surface area contributed by atoms with Crippen molar-refractivity contribution in [3.05, 3.63) is 76.1 Å². The molecule has 0 bridgehead atoms. The minimum atomic E-state index is -0.343. The van der Waals surface area contributed by atoms with Gasteiger partial charge in [0.2, 0.25) is 6.54 Å². The molecule has 5 heteroatoms. The van der Waals surface area contributed by atoms with E-state index in [2.05, 4.69) is 0 Å². The number of rotatable bonds is 5. The summed E-state index contributed by atoms with van der Waals surface area (Å²) in [5, 5.41) is 10.4. The first-order chi connectivity index (χ1) is 9.15. The normalized spacial score (nSPS) is 12.1. The number of thioether (sulfide) groups is 1. The van der Waals surface area contributed by atoms with Gasteiger partial charge in [0.25, 0.3) is 0 Å². The van der Waals surface area contributed by atoms with Crippen molar-refractivity contribution >= 4 is 11.8 Å². The van der Waals surface area contributed by atoms with Crippen LogP contribution in [0.1, 0.15) is 10.8 Å². The van der Waals surface area contributed by atoms with Crippen LogP contribution < -0.4 is 0 Å². The SMILES string of the molecule is O=[N+]([O-])CC(Sc1ccccc1)c1ccc(F)cc1. The third-order valence-electron chi connectivity index (χ3n) is 2.58. The Kier molecular flexibility index (Phi) is 4.52. The molecule has 0 aliphatic rings. The number of nitro groups is 1. The van der Waals surface area contributed by atoms with Gasteiger partial charge in [-0.15, -0.1) is 11.8 Å². The smallest absolute Gasteiger partial charge is 0.220 e. The van der Waals surface area contributed by atoms with Crippen molar-refractivity contribution in [2.45, 2.75) is 10.1 Å². The van der Waals surface area contributed by atoms with E-state index in [1.165, 1.54) is 23.9 Å². The maximum atomic E-state index is 12.9. The average molecular weight is 277 g/mol. The fourth-order valence-corrected chi connectivity index (χ4v) is 2.82. The number of benzene rings is 2. The van der Waals surface area contributed by atoms with Gasteiger partial charge in [-0.3, -0.25) is 10.1 Å². The minimum Gasteiger partial charge on any atom is -0.264 e. The zero-order valence-corrected chi connectivity index (χ0v) is 10.8. The van der Waals surface area contributed by atoms with Crippen LogP contribution in [-0.2, 0) is 0 Å². The second kappa shape index (κ2) is 6.33. The standard InChI is InChI=1S/C14H12FNO2S/c15-12-8-6-11(7-9-12)14(10-16(17)18)19-13-4-2-1-3-5-13/h1-9,14H,10H2. The Bertz CT molecular complexity index is 545. The Balaban J connectivity index is 2.20. The molecule has 0 heterocycles. The fourth-order valence-electron chi connectivity index (χ4n) is 1.69. The lowest BCUT2D eigenvalue weighted by Gasteiger charge is -2.13. The topological polar surface area (TPSA) is 43.1 Å². The second-order valence-corrected chi connectivity index (χ2v) is 5.26. The maximum Gasteiger partial charge on any atom is 0.220 e. The average Bonchev–Trinajstić information content (AvgIpc) is 2.39. The van der Waals surface area contributed by atoms with E-state index in [1.54, 1.807) is 12.1 Å². The molecule has 2 aromatic rings. The maximum absolute atomic E-state index is 12.9. The molecule has 19 heavy (non-hydrogen) atoms. The van der Waals surface area contributed by atoms with E-state index < -0.39 is 0 Å². The van der Waals surface area contributed by atoms with Crippen LogP contribution >= 0.6 is 11.8 Å². The van der Waals surface area contributed by atoms with Gasteiger partial charge >= 0.3 is 0 Å². The predicted octanol–water partition coefficient (Wildman–Crippen LogP) is 3.94. The van der Waals surface area contributed by atoms with Crippen molar-refractivity contribution in [3.63, 3.8) is 0 Å². The molecule has 2 aromatic carbocycles. The third kappa shape index (κ3) is 4.06. The van der Waals surface area contributed by atoms with Crippen LogP contribution in [0.3, 0.4) is 0 Å². The zero-order valence-electron chi connectivity index (χ0n) is 10.0. The highest BCUT2D eigenvalue weighted by atomic mass is 32.2. The molecule has 1 atom stereocenters. The molecule has 0 aliphatic heterocycles. The van der Waals surface area contributed by atoms with Gasteiger partial charge in [-0.05, 0) is 29.8 Å². The van der Waals surface area contributed by atoms with Gasteiger partial charge in [-0.2, -0.15) is 0 Å². The van der Waals surface area contributed by atoms with Crippen LogP contribution in [-0.4, -0.2) is 11.5 Å². The summed E-state index contributed by atoms with van der Waals surface area (Å²) in [6.07, 6.45) is 0. The molecule has 0 aromatic heterocycles. The lowest BCUT2D eigenvalue weighted by molar-refractivity contribution is -0.479. The Labute approximate surface area is 114 Å². The first kappa shape index (κ1) is 13.5. The molecule has 3 nitrogen and oxygen atoms in total. The van der Waals surface area contributed by atoms with Gasteiger partial charge in [0.05, 0.1) is 5.25 Å². The summed E-state index contributed by atoms with van der Waals surface area (Å²) < 4.78 is 12.9. The van der Waals surface area contributed by atoms with Gasteiger partial charge in [-0.25, -0.2) is 4.39 Å². The van der Waals surface area contributed by atoms with Crippen LogP contribution in [0.2, 0.25) is 0 Å². The summed E-state index contributed by atoms with van der Waals surface area (Å²) in [7, 11) is 0. The summed E-state index contributed by atoms with van der Waals surface area (Å²) in [5.74, 6) is -0.340. The van der Waals surface area contributed by atoms with Crippen LogP contribution in [0.4, 0.5) is 4.39 Å². The van der Waals surface area contributed by atoms with Crippen LogP contribution in [0.5, 0.6) is 0 Å². The van der Waals surface area contributed by atoms with E-state index in [0.29, 0.717) is 0 Å². The van der Waals surface area contributed by atoms with Crippen LogP contribution in [0, 0.1) is 15.9 Å². The largest absolute Gasteiger partial charge is 0.264 e. The van der Waals surface area contributed by atoms with Crippen molar-refractivity contribution in [3.8, 4) is 0 Å². The highest BCUT2D eigenvalue weighted by Gasteiger charge is 2.19.